The van der Waals surface area contributed by atoms with Gasteiger partial charge in [-0.15, -0.1) is 0 Å². The zero-order chi connectivity index (χ0) is 15.9. The van der Waals surface area contributed by atoms with E-state index in [1.165, 1.54) is 4.52 Å². The van der Waals surface area contributed by atoms with Crippen molar-refractivity contribution in [1.82, 2.24) is 19.6 Å². The van der Waals surface area contributed by atoms with Crippen LogP contribution >= 0.6 is 0 Å². The minimum Gasteiger partial charge on any atom is -0.481 e. The number of fused-ring (bicyclic) bond motifs is 1. The zero-order valence-electron chi connectivity index (χ0n) is 12.1. The minimum absolute atomic E-state index is 0.157. The number of aromatic amines is 1. The summed E-state index contributed by atoms with van der Waals surface area (Å²) >= 11 is 0. The molecule has 0 amide bonds. The molecule has 2 heterocycles. The average Bonchev–Trinajstić information content (AvgIpc) is 2.87. The predicted octanol–water partition coefficient (Wildman–Crippen LogP) is 1.33. The molecule has 7 heteroatoms. The van der Waals surface area contributed by atoms with Crippen molar-refractivity contribution in [2.75, 3.05) is 0 Å². The monoisotopic (exact) mass is 298 g/mol. The van der Waals surface area contributed by atoms with Gasteiger partial charge in [0.05, 0.1) is 17.7 Å². The summed E-state index contributed by atoms with van der Waals surface area (Å²) in [6.07, 6.45) is -0.362. The number of H-pyrrole nitrogens is 1. The van der Waals surface area contributed by atoms with Gasteiger partial charge in [-0.3, -0.25) is 14.7 Å². The topological polar surface area (TPSA) is 100 Å². The Bertz CT molecular complexity index is 940. The van der Waals surface area contributed by atoms with E-state index in [9.17, 15) is 9.59 Å². The molecule has 3 rings (SSSR count). The summed E-state index contributed by atoms with van der Waals surface area (Å²) in [6, 6.07) is 7.64. The predicted molar refractivity (Wildman–Crippen MR) is 79.9 cm³/mol. The molecular weight excluding hydrogens is 284 g/mol. The Kier molecular flexibility index (Phi) is 3.25. The number of nitrogens with zero attached hydrogens (tertiary/aromatic N) is 3. The van der Waals surface area contributed by atoms with E-state index in [1.807, 2.05) is 31.2 Å². The fraction of sp³-hybridized carbons (Fsp3) is 0.200. The Balaban J connectivity index is 2.23. The highest BCUT2D eigenvalue weighted by atomic mass is 16.4. The Hall–Kier alpha value is -2.96. The fourth-order valence-electron chi connectivity index (χ4n) is 2.37. The van der Waals surface area contributed by atoms with Gasteiger partial charge in [0, 0.05) is 5.56 Å². The maximum atomic E-state index is 12.4. The zero-order valence-corrected chi connectivity index (χ0v) is 12.1. The first-order valence-corrected chi connectivity index (χ1v) is 6.73. The number of carboxylic acid groups (broad SMARTS) is 1. The Labute approximate surface area is 125 Å². The van der Waals surface area contributed by atoms with E-state index in [1.54, 1.807) is 6.92 Å². The van der Waals surface area contributed by atoms with Crippen LogP contribution in [0.15, 0.2) is 29.1 Å². The molecule has 1 aromatic carbocycles. The first-order chi connectivity index (χ1) is 10.5. The lowest BCUT2D eigenvalue weighted by atomic mass is 10.1. The van der Waals surface area contributed by atoms with Crippen molar-refractivity contribution in [2.24, 2.45) is 0 Å². The lowest BCUT2D eigenvalue weighted by Gasteiger charge is -2.01. The third-order valence-corrected chi connectivity index (χ3v) is 3.52. The summed E-state index contributed by atoms with van der Waals surface area (Å²) in [7, 11) is 0. The van der Waals surface area contributed by atoms with E-state index in [4.69, 9.17) is 5.11 Å². The van der Waals surface area contributed by atoms with E-state index in [0.717, 1.165) is 11.1 Å². The normalized spacial score (nSPS) is 11.0. The number of benzene rings is 1. The van der Waals surface area contributed by atoms with Gasteiger partial charge < -0.3 is 5.11 Å². The van der Waals surface area contributed by atoms with Crippen molar-refractivity contribution in [1.29, 1.82) is 0 Å². The van der Waals surface area contributed by atoms with Crippen molar-refractivity contribution in [2.45, 2.75) is 20.3 Å². The Morgan fingerprint density at radius 3 is 2.68 bits per heavy atom. The van der Waals surface area contributed by atoms with Crippen LogP contribution in [0.4, 0.5) is 0 Å². The van der Waals surface area contributed by atoms with Crippen LogP contribution < -0.4 is 5.56 Å². The van der Waals surface area contributed by atoms with E-state index >= 15 is 0 Å². The van der Waals surface area contributed by atoms with E-state index in [2.05, 4.69) is 15.1 Å². The first-order valence-electron chi connectivity index (χ1n) is 6.73. The molecule has 22 heavy (non-hydrogen) atoms. The SMILES string of the molecule is Cc1ccccc1-c1nc2nc(C)c(CC(=O)O)c(=O)n2[nH]1. The highest BCUT2D eigenvalue weighted by Crippen LogP contribution is 2.19. The van der Waals surface area contributed by atoms with Gasteiger partial charge in [-0.2, -0.15) is 9.50 Å². The number of nitrogens with one attached hydrogen (secondary N) is 1. The molecule has 2 N–H and O–H groups in total. The molecule has 0 unspecified atom stereocenters. The van der Waals surface area contributed by atoms with Crippen LogP contribution in [0.2, 0.25) is 0 Å². The molecule has 3 aromatic rings. The molecule has 0 spiro atoms. The molecule has 0 aliphatic carbocycles. The van der Waals surface area contributed by atoms with Gasteiger partial charge in [0.2, 0.25) is 0 Å². The Morgan fingerprint density at radius 1 is 1.27 bits per heavy atom. The molecular formula is C15H14N4O3. The van der Waals surface area contributed by atoms with Crippen molar-refractivity contribution >= 4 is 11.7 Å². The van der Waals surface area contributed by atoms with Crippen molar-refractivity contribution in [3.05, 3.63) is 51.4 Å². The summed E-state index contributed by atoms with van der Waals surface area (Å²) in [5, 5.41) is 11.8. The van der Waals surface area contributed by atoms with Crippen LogP contribution in [-0.2, 0) is 11.2 Å². The molecule has 0 bridgehead atoms. The number of aliphatic carboxylic acids is 1. The lowest BCUT2D eigenvalue weighted by Crippen LogP contribution is -2.24. The minimum atomic E-state index is -1.07. The van der Waals surface area contributed by atoms with Crippen LogP contribution in [0.1, 0.15) is 16.8 Å². The maximum Gasteiger partial charge on any atom is 0.308 e. The second kappa shape index (κ2) is 5.10. The van der Waals surface area contributed by atoms with Crippen LogP contribution in [0.5, 0.6) is 0 Å². The molecule has 0 radical (unpaired) electrons. The number of aryl methyl sites for hydroxylation is 2. The van der Waals surface area contributed by atoms with Gasteiger partial charge in [0.15, 0.2) is 5.82 Å². The quantitative estimate of drug-likeness (QED) is 0.759. The van der Waals surface area contributed by atoms with E-state index in [-0.39, 0.29) is 17.8 Å². The fourth-order valence-corrected chi connectivity index (χ4v) is 2.37. The summed E-state index contributed by atoms with van der Waals surface area (Å²) in [5.41, 5.74) is 1.99. The van der Waals surface area contributed by atoms with Crippen LogP contribution in [0, 0.1) is 13.8 Å². The van der Waals surface area contributed by atoms with Gasteiger partial charge in [0.25, 0.3) is 11.3 Å². The lowest BCUT2D eigenvalue weighted by molar-refractivity contribution is -0.136. The second-order valence-corrected chi connectivity index (χ2v) is 5.07. The standard InChI is InChI=1S/C15H14N4O3/c1-8-5-3-4-6-10(8)13-17-15-16-9(2)11(7-12(20)21)14(22)19(15)18-13/h3-6H,7H2,1-2H3,(H,20,21)(H,16,17,18). The number of aromatic nitrogens is 4. The summed E-state index contributed by atoms with van der Waals surface area (Å²) in [5.74, 6) is -0.315. The first kappa shape index (κ1) is 14.0. The van der Waals surface area contributed by atoms with Crippen molar-refractivity contribution in [3.8, 4) is 11.4 Å². The third-order valence-electron chi connectivity index (χ3n) is 3.52. The van der Waals surface area contributed by atoms with Gasteiger partial charge >= 0.3 is 5.97 Å². The van der Waals surface area contributed by atoms with Crippen LogP contribution in [0.25, 0.3) is 17.2 Å². The molecule has 0 saturated carbocycles. The number of hydrogen-bond acceptors (Lipinski definition) is 4. The maximum absolute atomic E-state index is 12.4. The second-order valence-electron chi connectivity index (χ2n) is 5.07. The van der Waals surface area contributed by atoms with Gasteiger partial charge in [-0.1, -0.05) is 24.3 Å². The molecule has 0 aliphatic rings. The summed E-state index contributed by atoms with van der Waals surface area (Å²) in [6.45, 7) is 3.56. The van der Waals surface area contributed by atoms with E-state index < -0.39 is 11.5 Å². The van der Waals surface area contributed by atoms with Crippen LogP contribution in [0.3, 0.4) is 0 Å². The van der Waals surface area contributed by atoms with Gasteiger partial charge in [-0.05, 0) is 19.4 Å². The molecule has 7 nitrogen and oxygen atoms in total. The Morgan fingerprint density at radius 2 is 2.00 bits per heavy atom. The van der Waals surface area contributed by atoms with Crippen molar-refractivity contribution in [3.63, 3.8) is 0 Å². The average molecular weight is 298 g/mol. The molecule has 0 saturated heterocycles. The molecule has 0 fully saturated rings. The molecule has 2 aromatic heterocycles. The molecule has 0 aliphatic heterocycles. The largest absolute Gasteiger partial charge is 0.481 e. The molecule has 0 atom stereocenters. The summed E-state index contributed by atoms with van der Waals surface area (Å²) in [4.78, 5) is 31.8. The highest BCUT2D eigenvalue weighted by Gasteiger charge is 2.16. The van der Waals surface area contributed by atoms with Gasteiger partial charge in [0.1, 0.15) is 0 Å². The third kappa shape index (κ3) is 2.26. The summed E-state index contributed by atoms with van der Waals surface area (Å²) < 4.78 is 1.19. The number of hydrogen-bond donors (Lipinski definition) is 2. The van der Waals surface area contributed by atoms with Gasteiger partial charge in [-0.25, -0.2) is 4.98 Å². The van der Waals surface area contributed by atoms with Crippen molar-refractivity contribution < 1.29 is 9.90 Å². The van der Waals surface area contributed by atoms with E-state index in [0.29, 0.717) is 11.5 Å². The number of rotatable bonds is 3. The smallest absolute Gasteiger partial charge is 0.308 e. The van der Waals surface area contributed by atoms with Crippen LogP contribution in [-0.4, -0.2) is 30.7 Å². The highest BCUT2D eigenvalue weighted by molar-refractivity contribution is 5.70. The number of carboxylic acids is 1. The number of carbonyl (C=O) groups is 1. The molecule has 112 valence electrons.